The molecule has 1 N–H and O–H groups in total. The zero-order chi connectivity index (χ0) is 15.6. The van der Waals surface area contributed by atoms with Crippen LogP contribution in [0.5, 0.6) is 5.75 Å². The van der Waals surface area contributed by atoms with E-state index in [0.717, 1.165) is 39.0 Å². The van der Waals surface area contributed by atoms with E-state index >= 15 is 0 Å². The molecule has 4 nitrogen and oxygen atoms in total. The van der Waals surface area contributed by atoms with Crippen LogP contribution < -0.4 is 4.74 Å². The average Bonchev–Trinajstić information content (AvgIpc) is 3.05. The highest BCUT2D eigenvalue weighted by molar-refractivity contribution is 5.97. The lowest BCUT2D eigenvalue weighted by Gasteiger charge is -2.07. The van der Waals surface area contributed by atoms with Gasteiger partial charge < -0.3 is 9.72 Å². The van der Waals surface area contributed by atoms with E-state index < -0.39 is 0 Å². The highest BCUT2D eigenvalue weighted by atomic mass is 16.5. The molecule has 0 saturated carbocycles. The maximum Gasteiger partial charge on any atom is 0.137 e. The van der Waals surface area contributed by atoms with E-state index in [1.165, 1.54) is 0 Å². The van der Waals surface area contributed by atoms with Crippen molar-refractivity contribution in [3.8, 4) is 28.0 Å². The number of nitrogens with one attached hydrogen (secondary N) is 1. The minimum absolute atomic E-state index is 0.850. The monoisotopic (exact) mass is 301 g/mol. The summed E-state index contributed by atoms with van der Waals surface area (Å²) < 4.78 is 5.49. The van der Waals surface area contributed by atoms with Crippen molar-refractivity contribution in [2.24, 2.45) is 0 Å². The van der Waals surface area contributed by atoms with Gasteiger partial charge in [0.05, 0.1) is 7.11 Å². The summed E-state index contributed by atoms with van der Waals surface area (Å²) in [6.45, 7) is 0. The third kappa shape index (κ3) is 2.34. The van der Waals surface area contributed by atoms with E-state index in [1.54, 1.807) is 19.5 Å². The van der Waals surface area contributed by atoms with Gasteiger partial charge in [-0.15, -0.1) is 0 Å². The van der Waals surface area contributed by atoms with Crippen molar-refractivity contribution in [2.45, 2.75) is 0 Å². The number of nitrogens with zero attached hydrogens (tertiary/aromatic N) is 2. The van der Waals surface area contributed by atoms with Crippen molar-refractivity contribution in [1.82, 2.24) is 15.0 Å². The van der Waals surface area contributed by atoms with Gasteiger partial charge in [-0.25, -0.2) is 4.98 Å². The van der Waals surface area contributed by atoms with Gasteiger partial charge in [0.25, 0.3) is 0 Å². The van der Waals surface area contributed by atoms with Crippen molar-refractivity contribution in [2.75, 3.05) is 7.11 Å². The van der Waals surface area contributed by atoms with Crippen LogP contribution in [0.3, 0.4) is 0 Å². The fraction of sp³-hybridized carbons (Fsp3) is 0.0526. The molecule has 1 aromatic carbocycles. The lowest BCUT2D eigenvalue weighted by molar-refractivity contribution is 0.416. The predicted molar refractivity (Wildman–Crippen MR) is 91.3 cm³/mol. The maximum atomic E-state index is 5.49. The topological polar surface area (TPSA) is 50.8 Å². The first-order chi connectivity index (χ1) is 11.4. The summed E-state index contributed by atoms with van der Waals surface area (Å²) in [7, 11) is 1.69. The molecule has 0 unspecified atom stereocenters. The Morgan fingerprint density at radius 3 is 2.61 bits per heavy atom. The van der Waals surface area contributed by atoms with Crippen LogP contribution in [-0.2, 0) is 0 Å². The molecule has 0 atom stereocenters. The molecule has 4 rings (SSSR count). The Hall–Kier alpha value is -3.14. The molecule has 0 radical (unpaired) electrons. The van der Waals surface area contributed by atoms with Gasteiger partial charge in [-0.2, -0.15) is 0 Å². The van der Waals surface area contributed by atoms with Crippen LogP contribution in [-0.4, -0.2) is 22.1 Å². The zero-order valence-electron chi connectivity index (χ0n) is 12.7. The summed E-state index contributed by atoms with van der Waals surface area (Å²) in [5.41, 5.74) is 5.16. The standard InChI is InChI=1S/C19H15N3O/c1-23-18-5-3-2-4-15(18)17-12-22-19-16(17)10-14(11-21-19)13-6-8-20-9-7-13/h2-12H,1H3,(H,21,22). The fourth-order valence-corrected chi connectivity index (χ4v) is 2.80. The van der Waals surface area contributed by atoms with E-state index in [4.69, 9.17) is 4.74 Å². The molecule has 0 aliphatic carbocycles. The lowest BCUT2D eigenvalue weighted by atomic mass is 10.0. The van der Waals surface area contributed by atoms with Crippen molar-refractivity contribution in [3.05, 3.63) is 67.3 Å². The van der Waals surface area contributed by atoms with Gasteiger partial charge in [-0.3, -0.25) is 4.98 Å². The first-order valence-electron chi connectivity index (χ1n) is 7.38. The van der Waals surface area contributed by atoms with Crippen LogP contribution in [0.2, 0.25) is 0 Å². The summed E-state index contributed by atoms with van der Waals surface area (Å²) in [5.74, 6) is 0.850. The van der Waals surface area contributed by atoms with E-state index in [-0.39, 0.29) is 0 Å². The molecule has 23 heavy (non-hydrogen) atoms. The van der Waals surface area contributed by atoms with Crippen molar-refractivity contribution in [1.29, 1.82) is 0 Å². The largest absolute Gasteiger partial charge is 0.496 e. The molecule has 0 bridgehead atoms. The minimum Gasteiger partial charge on any atom is -0.496 e. The van der Waals surface area contributed by atoms with Crippen LogP contribution in [0, 0.1) is 0 Å². The van der Waals surface area contributed by atoms with Gasteiger partial charge in [0.15, 0.2) is 0 Å². The Balaban J connectivity index is 1.92. The summed E-state index contributed by atoms with van der Waals surface area (Å²) in [6, 6.07) is 14.1. The van der Waals surface area contributed by atoms with Gasteiger partial charge in [-0.05, 0) is 29.8 Å². The molecule has 3 heterocycles. The number of hydrogen-bond donors (Lipinski definition) is 1. The molecular formula is C19H15N3O. The van der Waals surface area contributed by atoms with Gasteiger partial charge in [0, 0.05) is 46.9 Å². The zero-order valence-corrected chi connectivity index (χ0v) is 12.7. The third-order valence-electron chi connectivity index (χ3n) is 3.94. The van der Waals surface area contributed by atoms with Crippen LogP contribution in [0.25, 0.3) is 33.3 Å². The molecule has 112 valence electrons. The van der Waals surface area contributed by atoms with E-state index in [1.807, 2.05) is 42.7 Å². The summed E-state index contributed by atoms with van der Waals surface area (Å²) in [5, 5.41) is 1.07. The van der Waals surface area contributed by atoms with Crippen molar-refractivity contribution >= 4 is 11.0 Å². The number of methoxy groups -OCH3 is 1. The molecule has 4 aromatic rings. The number of aromatic nitrogens is 3. The number of fused-ring (bicyclic) bond motifs is 1. The molecule has 0 aliphatic heterocycles. The smallest absolute Gasteiger partial charge is 0.137 e. The Labute approximate surface area is 133 Å². The van der Waals surface area contributed by atoms with Gasteiger partial charge in [0.2, 0.25) is 0 Å². The van der Waals surface area contributed by atoms with Crippen LogP contribution in [0.4, 0.5) is 0 Å². The lowest BCUT2D eigenvalue weighted by Crippen LogP contribution is -1.87. The Kier molecular flexibility index (Phi) is 3.27. The number of para-hydroxylation sites is 1. The highest BCUT2D eigenvalue weighted by Crippen LogP contribution is 2.35. The van der Waals surface area contributed by atoms with Gasteiger partial charge >= 0.3 is 0 Å². The summed E-state index contributed by atoms with van der Waals surface area (Å²) in [4.78, 5) is 11.8. The fourth-order valence-electron chi connectivity index (χ4n) is 2.80. The normalized spacial score (nSPS) is 10.8. The first kappa shape index (κ1) is 13.5. The molecule has 4 heteroatoms. The van der Waals surface area contributed by atoms with E-state index in [2.05, 4.69) is 27.1 Å². The Morgan fingerprint density at radius 2 is 1.78 bits per heavy atom. The van der Waals surface area contributed by atoms with Crippen molar-refractivity contribution < 1.29 is 4.74 Å². The first-order valence-corrected chi connectivity index (χ1v) is 7.38. The van der Waals surface area contributed by atoms with Crippen molar-refractivity contribution in [3.63, 3.8) is 0 Å². The Bertz CT molecular complexity index is 961. The number of H-pyrrole nitrogens is 1. The SMILES string of the molecule is COc1ccccc1-c1c[nH]c2ncc(-c3ccncc3)cc12. The van der Waals surface area contributed by atoms with E-state index in [0.29, 0.717) is 0 Å². The number of benzene rings is 1. The Morgan fingerprint density at radius 1 is 0.957 bits per heavy atom. The quantitative estimate of drug-likeness (QED) is 0.614. The third-order valence-corrected chi connectivity index (χ3v) is 3.94. The summed E-state index contributed by atoms with van der Waals surface area (Å²) >= 11 is 0. The number of rotatable bonds is 3. The predicted octanol–water partition coefficient (Wildman–Crippen LogP) is 4.30. The summed E-state index contributed by atoms with van der Waals surface area (Å²) in [6.07, 6.45) is 7.43. The minimum atomic E-state index is 0.850. The second kappa shape index (κ2) is 5.57. The molecule has 0 fully saturated rings. The van der Waals surface area contributed by atoms with Crippen LogP contribution in [0.1, 0.15) is 0 Å². The van der Waals surface area contributed by atoms with Gasteiger partial charge in [0.1, 0.15) is 11.4 Å². The highest BCUT2D eigenvalue weighted by Gasteiger charge is 2.12. The maximum absolute atomic E-state index is 5.49. The molecule has 0 spiro atoms. The molecule has 0 amide bonds. The van der Waals surface area contributed by atoms with E-state index in [9.17, 15) is 0 Å². The molecule has 0 aliphatic rings. The number of pyridine rings is 2. The molecule has 3 aromatic heterocycles. The van der Waals surface area contributed by atoms with Crippen LogP contribution in [0.15, 0.2) is 67.3 Å². The number of hydrogen-bond acceptors (Lipinski definition) is 3. The molecule has 0 saturated heterocycles. The number of aromatic amines is 1. The molecular weight excluding hydrogens is 286 g/mol. The second-order valence-electron chi connectivity index (χ2n) is 5.26. The number of ether oxygens (including phenoxy) is 1. The van der Waals surface area contributed by atoms with Crippen LogP contribution >= 0.6 is 0 Å². The second-order valence-corrected chi connectivity index (χ2v) is 5.26. The van der Waals surface area contributed by atoms with Gasteiger partial charge in [-0.1, -0.05) is 18.2 Å². The average molecular weight is 301 g/mol.